The van der Waals surface area contributed by atoms with Gasteiger partial charge in [-0.3, -0.25) is 4.79 Å². The number of amides is 1. The van der Waals surface area contributed by atoms with Crippen LogP contribution in [0.15, 0.2) is 67.3 Å². The van der Waals surface area contributed by atoms with E-state index in [-0.39, 0.29) is 18.0 Å². The first-order chi connectivity index (χ1) is 10.7. The summed E-state index contributed by atoms with van der Waals surface area (Å²) in [6.45, 7) is 5.70. The van der Waals surface area contributed by atoms with Gasteiger partial charge in [0.15, 0.2) is 0 Å². The summed E-state index contributed by atoms with van der Waals surface area (Å²) in [7, 11) is 0. The minimum Gasteiger partial charge on any atom is -0.378 e. The third kappa shape index (κ3) is 2.62. The molecule has 3 nitrogen and oxygen atoms in total. The highest BCUT2D eigenvalue weighted by Gasteiger charge is 2.32. The Kier molecular flexibility index (Phi) is 3.96. The summed E-state index contributed by atoms with van der Waals surface area (Å²) in [6, 6.07) is 18.6. The maximum atomic E-state index is 12.2. The van der Waals surface area contributed by atoms with Gasteiger partial charge in [-0.2, -0.15) is 0 Å². The van der Waals surface area contributed by atoms with Crippen molar-refractivity contribution in [2.45, 2.75) is 25.4 Å². The predicted octanol–water partition coefficient (Wildman–Crippen LogP) is 4.15. The number of nitrogens with one attached hydrogen (secondary N) is 1. The molecule has 0 saturated heterocycles. The zero-order chi connectivity index (χ0) is 15.5. The molecule has 2 aromatic rings. The summed E-state index contributed by atoms with van der Waals surface area (Å²) in [5.74, 6) is -0.0434. The highest BCUT2D eigenvalue weighted by atomic mass is 16.2. The molecule has 0 fully saturated rings. The predicted molar refractivity (Wildman–Crippen MR) is 91.0 cm³/mol. The molecule has 0 bridgehead atoms. The van der Waals surface area contributed by atoms with Gasteiger partial charge >= 0.3 is 0 Å². The van der Waals surface area contributed by atoms with E-state index in [1.165, 1.54) is 6.08 Å². The smallest absolute Gasteiger partial charge is 0.250 e. The van der Waals surface area contributed by atoms with E-state index in [0.29, 0.717) is 0 Å². The highest BCUT2D eigenvalue weighted by Crippen LogP contribution is 2.38. The van der Waals surface area contributed by atoms with E-state index in [2.05, 4.69) is 37.0 Å². The molecule has 1 N–H and O–H groups in total. The number of para-hydroxylation sites is 2. The number of nitrogens with zero attached hydrogens (tertiary/aromatic N) is 1. The van der Waals surface area contributed by atoms with Gasteiger partial charge in [0, 0.05) is 17.4 Å². The topological polar surface area (TPSA) is 32.3 Å². The molecular weight excluding hydrogens is 272 g/mol. The van der Waals surface area contributed by atoms with Crippen molar-refractivity contribution in [3.8, 4) is 0 Å². The molecule has 1 aliphatic rings. The van der Waals surface area contributed by atoms with Crippen LogP contribution in [-0.4, -0.2) is 11.9 Å². The minimum absolute atomic E-state index is 0.0434. The number of carbonyl (C=O) groups excluding carboxylic acids is 1. The molecule has 0 unspecified atom stereocenters. The van der Waals surface area contributed by atoms with Crippen LogP contribution >= 0.6 is 0 Å². The molecule has 2 atom stereocenters. The molecule has 0 aliphatic carbocycles. The third-order valence-electron chi connectivity index (χ3n) is 4.12. The van der Waals surface area contributed by atoms with E-state index >= 15 is 0 Å². The van der Waals surface area contributed by atoms with Gasteiger partial charge in [-0.05, 0) is 43.2 Å². The van der Waals surface area contributed by atoms with E-state index in [4.69, 9.17) is 0 Å². The van der Waals surface area contributed by atoms with Crippen LogP contribution in [0.3, 0.4) is 0 Å². The van der Waals surface area contributed by atoms with Crippen LogP contribution in [0.25, 0.3) is 0 Å². The summed E-state index contributed by atoms with van der Waals surface area (Å²) >= 11 is 0. The minimum atomic E-state index is -0.0434. The van der Waals surface area contributed by atoms with Crippen molar-refractivity contribution in [1.82, 2.24) is 0 Å². The second-order valence-electron chi connectivity index (χ2n) is 5.62. The van der Waals surface area contributed by atoms with Crippen molar-refractivity contribution < 1.29 is 4.79 Å². The molecule has 3 heteroatoms. The average molecular weight is 292 g/mol. The van der Waals surface area contributed by atoms with Crippen molar-refractivity contribution >= 4 is 17.3 Å². The lowest BCUT2D eigenvalue weighted by Gasteiger charge is -2.39. The summed E-state index contributed by atoms with van der Waals surface area (Å²) in [5, 5.41) is 3.58. The van der Waals surface area contributed by atoms with Crippen LogP contribution < -0.4 is 10.2 Å². The molecule has 3 rings (SSSR count). The van der Waals surface area contributed by atoms with Crippen molar-refractivity contribution in [2.24, 2.45) is 0 Å². The number of carbonyl (C=O) groups is 1. The molecular formula is C19H20N2O. The van der Waals surface area contributed by atoms with Gasteiger partial charge in [-0.25, -0.2) is 0 Å². The molecule has 1 aliphatic heterocycles. The third-order valence-corrected chi connectivity index (χ3v) is 4.12. The zero-order valence-corrected chi connectivity index (χ0v) is 12.7. The summed E-state index contributed by atoms with van der Waals surface area (Å²) < 4.78 is 0. The standard InChI is InChI=1S/C19H20N2O/c1-3-19(22)21-14(2)13-17(16-11-7-8-12-18(16)21)20-15-9-5-4-6-10-15/h3-12,14,17,20H,1,13H2,2H3/t14-,17+/m0/s1. The molecule has 2 aromatic carbocycles. The molecule has 22 heavy (non-hydrogen) atoms. The van der Waals surface area contributed by atoms with Crippen LogP contribution in [0.1, 0.15) is 24.9 Å². The first-order valence-corrected chi connectivity index (χ1v) is 7.57. The van der Waals surface area contributed by atoms with Crippen LogP contribution in [0, 0.1) is 0 Å². The van der Waals surface area contributed by atoms with Gasteiger partial charge in [0.05, 0.1) is 6.04 Å². The van der Waals surface area contributed by atoms with Crippen molar-refractivity contribution in [3.63, 3.8) is 0 Å². The number of hydrogen-bond donors (Lipinski definition) is 1. The maximum absolute atomic E-state index is 12.2. The maximum Gasteiger partial charge on any atom is 0.250 e. The molecule has 0 saturated carbocycles. The van der Waals surface area contributed by atoms with E-state index in [9.17, 15) is 4.79 Å². The monoisotopic (exact) mass is 292 g/mol. The fourth-order valence-corrected chi connectivity index (χ4v) is 3.12. The molecule has 0 spiro atoms. The lowest BCUT2D eigenvalue weighted by Crippen LogP contribution is -2.43. The van der Waals surface area contributed by atoms with Gasteiger partial charge in [0.1, 0.15) is 0 Å². The van der Waals surface area contributed by atoms with Crippen LogP contribution in [-0.2, 0) is 4.79 Å². The van der Waals surface area contributed by atoms with E-state index in [1.807, 2.05) is 41.3 Å². The lowest BCUT2D eigenvalue weighted by molar-refractivity contribution is -0.114. The average Bonchev–Trinajstić information content (AvgIpc) is 2.55. The SMILES string of the molecule is C=CC(=O)N1c2ccccc2[C@H](Nc2ccccc2)C[C@@H]1C. The van der Waals surface area contributed by atoms with E-state index in [0.717, 1.165) is 23.4 Å². The van der Waals surface area contributed by atoms with E-state index < -0.39 is 0 Å². The zero-order valence-electron chi connectivity index (χ0n) is 12.7. The van der Waals surface area contributed by atoms with Gasteiger partial charge in [0.2, 0.25) is 0 Å². The Morgan fingerprint density at radius 3 is 2.59 bits per heavy atom. The second-order valence-corrected chi connectivity index (χ2v) is 5.62. The number of rotatable bonds is 3. The summed E-state index contributed by atoms with van der Waals surface area (Å²) in [5.41, 5.74) is 3.22. The van der Waals surface area contributed by atoms with E-state index in [1.54, 1.807) is 0 Å². The Labute approximate surface area is 131 Å². The normalized spacial score (nSPS) is 20.1. The second kappa shape index (κ2) is 6.06. The van der Waals surface area contributed by atoms with Gasteiger partial charge in [-0.1, -0.05) is 43.0 Å². The lowest BCUT2D eigenvalue weighted by atomic mass is 9.91. The first kappa shape index (κ1) is 14.4. The molecule has 0 aromatic heterocycles. The Balaban J connectivity index is 1.97. The van der Waals surface area contributed by atoms with Gasteiger partial charge < -0.3 is 10.2 Å². The summed E-state index contributed by atoms with van der Waals surface area (Å²) in [4.78, 5) is 14.0. The molecule has 1 heterocycles. The molecule has 112 valence electrons. The van der Waals surface area contributed by atoms with Crippen molar-refractivity contribution in [2.75, 3.05) is 10.2 Å². The van der Waals surface area contributed by atoms with Crippen LogP contribution in [0.4, 0.5) is 11.4 Å². The largest absolute Gasteiger partial charge is 0.378 e. The Bertz CT molecular complexity index is 681. The number of hydrogen-bond acceptors (Lipinski definition) is 2. The molecule has 0 radical (unpaired) electrons. The van der Waals surface area contributed by atoms with Gasteiger partial charge in [-0.15, -0.1) is 0 Å². The van der Waals surface area contributed by atoms with Gasteiger partial charge in [0.25, 0.3) is 5.91 Å². The Hall–Kier alpha value is -2.55. The fraction of sp³-hybridized carbons (Fsp3) is 0.211. The fourth-order valence-electron chi connectivity index (χ4n) is 3.12. The Morgan fingerprint density at radius 2 is 1.86 bits per heavy atom. The van der Waals surface area contributed by atoms with Crippen molar-refractivity contribution in [3.05, 3.63) is 72.8 Å². The van der Waals surface area contributed by atoms with Crippen LogP contribution in [0.2, 0.25) is 0 Å². The van der Waals surface area contributed by atoms with Crippen molar-refractivity contribution in [1.29, 1.82) is 0 Å². The quantitative estimate of drug-likeness (QED) is 0.862. The Morgan fingerprint density at radius 1 is 1.18 bits per heavy atom. The molecule has 1 amide bonds. The number of benzene rings is 2. The number of anilines is 2. The number of fused-ring (bicyclic) bond motifs is 1. The highest BCUT2D eigenvalue weighted by molar-refractivity contribution is 6.02. The van der Waals surface area contributed by atoms with Crippen LogP contribution in [0.5, 0.6) is 0 Å². The first-order valence-electron chi connectivity index (χ1n) is 7.57. The summed E-state index contributed by atoms with van der Waals surface area (Å²) in [6.07, 6.45) is 2.25.